The number of halogens is 1. The molecule has 0 radical (unpaired) electrons. The number of benzene rings is 1. The Morgan fingerprint density at radius 1 is 1.32 bits per heavy atom. The molecule has 1 saturated heterocycles. The molecule has 0 saturated carbocycles. The minimum absolute atomic E-state index is 0. The summed E-state index contributed by atoms with van der Waals surface area (Å²) in [5.74, 6) is 2.24. The molecule has 2 heterocycles. The van der Waals surface area contributed by atoms with Gasteiger partial charge in [-0.2, -0.15) is 4.98 Å². The number of hydrogen-bond acceptors (Lipinski definition) is 5. The van der Waals surface area contributed by atoms with E-state index in [1.165, 1.54) is 5.56 Å². The van der Waals surface area contributed by atoms with Gasteiger partial charge < -0.3 is 15.2 Å². The van der Waals surface area contributed by atoms with Crippen LogP contribution in [-0.4, -0.2) is 53.2 Å². The SMILES string of the molecule is CN=C(NCCCc1nc(C)no1)NC1CC(C)N(Cc2ccccc2)C1.I. The van der Waals surface area contributed by atoms with Crippen LogP contribution in [0.2, 0.25) is 0 Å². The smallest absolute Gasteiger partial charge is 0.226 e. The average Bonchev–Trinajstić information content (AvgIpc) is 3.24. The Labute approximate surface area is 184 Å². The summed E-state index contributed by atoms with van der Waals surface area (Å²) in [7, 11) is 1.82. The maximum atomic E-state index is 5.14. The lowest BCUT2D eigenvalue weighted by Gasteiger charge is -2.21. The van der Waals surface area contributed by atoms with Crippen LogP contribution in [0.15, 0.2) is 39.8 Å². The van der Waals surface area contributed by atoms with Gasteiger partial charge in [0, 0.05) is 45.2 Å². The van der Waals surface area contributed by atoms with E-state index in [-0.39, 0.29) is 24.0 Å². The molecule has 2 atom stereocenters. The quantitative estimate of drug-likeness (QED) is 0.265. The molecule has 8 heteroatoms. The fourth-order valence-corrected chi connectivity index (χ4v) is 3.52. The van der Waals surface area contributed by atoms with Crippen molar-refractivity contribution in [2.24, 2.45) is 4.99 Å². The molecule has 1 aromatic heterocycles. The highest BCUT2D eigenvalue weighted by atomic mass is 127. The zero-order chi connectivity index (χ0) is 19.1. The maximum absolute atomic E-state index is 5.14. The third-order valence-corrected chi connectivity index (χ3v) is 4.93. The van der Waals surface area contributed by atoms with Gasteiger partial charge in [-0.25, -0.2) is 0 Å². The highest BCUT2D eigenvalue weighted by Crippen LogP contribution is 2.20. The zero-order valence-electron chi connectivity index (χ0n) is 16.9. The molecule has 2 N–H and O–H groups in total. The van der Waals surface area contributed by atoms with Crippen molar-refractivity contribution in [1.82, 2.24) is 25.7 Å². The zero-order valence-corrected chi connectivity index (χ0v) is 19.2. The Bertz CT molecular complexity index is 735. The van der Waals surface area contributed by atoms with Crippen molar-refractivity contribution in [2.75, 3.05) is 20.1 Å². The van der Waals surface area contributed by atoms with Gasteiger partial charge in [0.15, 0.2) is 11.8 Å². The second kappa shape index (κ2) is 11.4. The van der Waals surface area contributed by atoms with E-state index in [0.717, 1.165) is 44.9 Å². The molecule has 1 aliphatic heterocycles. The number of hydrogen-bond donors (Lipinski definition) is 2. The number of aliphatic imine (C=N–C) groups is 1. The van der Waals surface area contributed by atoms with E-state index in [2.05, 4.69) is 67.9 Å². The fourth-order valence-electron chi connectivity index (χ4n) is 3.52. The molecule has 154 valence electrons. The van der Waals surface area contributed by atoms with Crippen molar-refractivity contribution in [3.8, 4) is 0 Å². The summed E-state index contributed by atoms with van der Waals surface area (Å²) < 4.78 is 5.14. The molecule has 28 heavy (non-hydrogen) atoms. The summed E-state index contributed by atoms with van der Waals surface area (Å²) in [4.78, 5) is 11.1. The van der Waals surface area contributed by atoms with Crippen LogP contribution in [0.5, 0.6) is 0 Å². The summed E-state index contributed by atoms with van der Waals surface area (Å²) in [6, 6.07) is 11.6. The van der Waals surface area contributed by atoms with E-state index in [0.29, 0.717) is 23.8 Å². The number of likely N-dealkylation sites (tertiary alicyclic amines) is 1. The number of nitrogens with one attached hydrogen (secondary N) is 2. The molecular weight excluding hydrogens is 467 g/mol. The highest BCUT2D eigenvalue weighted by molar-refractivity contribution is 14.0. The standard InChI is InChI=1S/C20H30N6O.HI/c1-15-12-18(14-26(15)13-17-8-5-4-6-9-17)24-20(21-3)22-11-7-10-19-23-16(2)25-27-19;/h4-6,8-9,15,18H,7,10-14H2,1-3H3,(H2,21,22,24);1H. The molecule has 1 aliphatic rings. The number of nitrogens with zero attached hydrogens (tertiary/aromatic N) is 4. The van der Waals surface area contributed by atoms with Gasteiger partial charge in [-0.15, -0.1) is 24.0 Å². The number of guanidine groups is 1. The van der Waals surface area contributed by atoms with Crippen LogP contribution in [0, 0.1) is 6.92 Å². The number of aryl methyl sites for hydroxylation is 2. The molecular formula is C20H31IN6O. The normalized spacial score (nSPS) is 20.0. The minimum Gasteiger partial charge on any atom is -0.356 e. The van der Waals surface area contributed by atoms with Gasteiger partial charge in [0.1, 0.15) is 0 Å². The lowest BCUT2D eigenvalue weighted by atomic mass is 10.2. The Kier molecular flexibility index (Phi) is 9.17. The summed E-state index contributed by atoms with van der Waals surface area (Å²) in [5, 5.41) is 10.8. The maximum Gasteiger partial charge on any atom is 0.226 e. The molecule has 0 bridgehead atoms. The van der Waals surface area contributed by atoms with Gasteiger partial charge in [-0.3, -0.25) is 9.89 Å². The van der Waals surface area contributed by atoms with Gasteiger partial charge in [0.2, 0.25) is 5.89 Å². The molecule has 0 amide bonds. The van der Waals surface area contributed by atoms with Crippen molar-refractivity contribution < 1.29 is 4.52 Å². The number of aromatic nitrogens is 2. The van der Waals surface area contributed by atoms with Crippen molar-refractivity contribution in [2.45, 2.75) is 51.7 Å². The fraction of sp³-hybridized carbons (Fsp3) is 0.550. The average molecular weight is 498 g/mol. The molecule has 3 rings (SSSR count). The first kappa shape index (κ1) is 22.6. The van der Waals surface area contributed by atoms with Gasteiger partial charge in [0.25, 0.3) is 0 Å². The monoisotopic (exact) mass is 498 g/mol. The van der Waals surface area contributed by atoms with Crippen LogP contribution in [-0.2, 0) is 13.0 Å². The van der Waals surface area contributed by atoms with Crippen molar-refractivity contribution in [3.63, 3.8) is 0 Å². The third-order valence-electron chi connectivity index (χ3n) is 4.93. The first-order valence-electron chi connectivity index (χ1n) is 9.68. The predicted molar refractivity (Wildman–Crippen MR) is 122 cm³/mol. The van der Waals surface area contributed by atoms with Crippen LogP contribution >= 0.6 is 24.0 Å². The lowest BCUT2D eigenvalue weighted by Crippen LogP contribution is -2.44. The molecule has 1 fully saturated rings. The van der Waals surface area contributed by atoms with Crippen molar-refractivity contribution in [1.29, 1.82) is 0 Å². The summed E-state index contributed by atoms with van der Waals surface area (Å²) >= 11 is 0. The molecule has 2 aromatic rings. The minimum atomic E-state index is 0. The van der Waals surface area contributed by atoms with Crippen LogP contribution in [0.1, 0.15) is 37.0 Å². The Morgan fingerprint density at radius 2 is 2.11 bits per heavy atom. The first-order chi connectivity index (χ1) is 13.1. The molecule has 7 nitrogen and oxygen atoms in total. The molecule has 0 aliphatic carbocycles. The second-order valence-electron chi connectivity index (χ2n) is 7.18. The van der Waals surface area contributed by atoms with Gasteiger partial charge in [0.05, 0.1) is 0 Å². The second-order valence-corrected chi connectivity index (χ2v) is 7.18. The van der Waals surface area contributed by atoms with Crippen LogP contribution in [0.4, 0.5) is 0 Å². The Balaban J connectivity index is 0.00000280. The lowest BCUT2D eigenvalue weighted by molar-refractivity contribution is 0.258. The summed E-state index contributed by atoms with van der Waals surface area (Å²) in [6.45, 7) is 6.97. The van der Waals surface area contributed by atoms with Crippen LogP contribution in [0.25, 0.3) is 0 Å². The van der Waals surface area contributed by atoms with E-state index in [1.54, 1.807) is 0 Å². The van der Waals surface area contributed by atoms with Crippen molar-refractivity contribution in [3.05, 3.63) is 47.6 Å². The van der Waals surface area contributed by atoms with E-state index in [4.69, 9.17) is 4.52 Å². The molecule has 2 unspecified atom stereocenters. The van der Waals surface area contributed by atoms with E-state index < -0.39 is 0 Å². The summed E-state index contributed by atoms with van der Waals surface area (Å²) in [5.41, 5.74) is 1.36. The summed E-state index contributed by atoms with van der Waals surface area (Å²) in [6.07, 6.45) is 2.81. The van der Waals surface area contributed by atoms with Crippen molar-refractivity contribution >= 4 is 29.9 Å². The largest absolute Gasteiger partial charge is 0.356 e. The van der Waals surface area contributed by atoms with E-state index in [1.807, 2.05) is 14.0 Å². The molecule has 1 aromatic carbocycles. The predicted octanol–water partition coefficient (Wildman–Crippen LogP) is 2.76. The topological polar surface area (TPSA) is 78.6 Å². The van der Waals surface area contributed by atoms with Gasteiger partial charge in [-0.05, 0) is 32.3 Å². The Morgan fingerprint density at radius 3 is 2.79 bits per heavy atom. The van der Waals surface area contributed by atoms with Crippen LogP contribution in [0.3, 0.4) is 0 Å². The third kappa shape index (κ3) is 6.73. The van der Waals surface area contributed by atoms with Gasteiger partial charge in [-0.1, -0.05) is 35.5 Å². The Hall–Kier alpha value is -1.68. The van der Waals surface area contributed by atoms with Crippen LogP contribution < -0.4 is 10.6 Å². The molecule has 0 spiro atoms. The van der Waals surface area contributed by atoms with Gasteiger partial charge >= 0.3 is 0 Å². The first-order valence-corrected chi connectivity index (χ1v) is 9.68. The van der Waals surface area contributed by atoms with E-state index in [9.17, 15) is 0 Å². The highest BCUT2D eigenvalue weighted by Gasteiger charge is 2.29. The van der Waals surface area contributed by atoms with E-state index >= 15 is 0 Å². The number of rotatable bonds is 7.